The van der Waals surface area contributed by atoms with E-state index in [0.29, 0.717) is 0 Å². The summed E-state index contributed by atoms with van der Waals surface area (Å²) in [5.74, 6) is 0. The molecule has 80 valence electrons. The van der Waals surface area contributed by atoms with Crippen molar-refractivity contribution >= 4 is 15.0 Å². The quantitative estimate of drug-likeness (QED) is 0.389. The maximum atomic E-state index is 2.29. The minimum atomic E-state index is 0.973. The molecule has 0 saturated carbocycles. The van der Waals surface area contributed by atoms with Gasteiger partial charge < -0.3 is 0 Å². The Morgan fingerprint density at radius 1 is 0.615 bits per heavy atom. The topological polar surface area (TPSA) is 0 Å². The second-order valence-electron chi connectivity index (χ2n) is 3.73. The monoisotopic (exact) mass is 250 g/mol. The van der Waals surface area contributed by atoms with Crippen molar-refractivity contribution in [3.8, 4) is 0 Å². The summed E-state index contributed by atoms with van der Waals surface area (Å²) < 4.78 is 0. The molecule has 0 aliphatic carbocycles. The molecule has 0 atom stereocenters. The van der Waals surface area contributed by atoms with E-state index in [1.807, 2.05) is 0 Å². The van der Waals surface area contributed by atoms with Gasteiger partial charge in [0.05, 0.1) is 0 Å². The van der Waals surface area contributed by atoms with Gasteiger partial charge in [-0.25, -0.2) is 0 Å². The fourth-order valence-corrected chi connectivity index (χ4v) is 3.65. The van der Waals surface area contributed by atoms with Crippen LogP contribution in [0.3, 0.4) is 0 Å². The van der Waals surface area contributed by atoms with Crippen molar-refractivity contribution in [2.45, 2.75) is 75.9 Å². The van der Waals surface area contributed by atoms with Gasteiger partial charge in [0, 0.05) is 0 Å². The van der Waals surface area contributed by atoms with Crippen molar-refractivity contribution < 1.29 is 0 Å². The Morgan fingerprint density at radius 2 is 1.15 bits per heavy atom. The Bertz CT molecular complexity index is 71.2. The predicted molar refractivity (Wildman–Crippen MR) is 63.7 cm³/mol. The molecule has 1 heteroatoms. The molecule has 0 heterocycles. The Kier molecular flexibility index (Phi) is 13.0. The van der Waals surface area contributed by atoms with Gasteiger partial charge in [0.15, 0.2) is 0 Å². The third-order valence-corrected chi connectivity index (χ3v) is 4.71. The second kappa shape index (κ2) is 12.5. The van der Waals surface area contributed by atoms with Crippen LogP contribution in [0.5, 0.6) is 0 Å². The molecule has 0 spiro atoms. The summed E-state index contributed by atoms with van der Waals surface area (Å²) in [6.07, 6.45) is 11.6. The van der Waals surface area contributed by atoms with E-state index in [2.05, 4.69) is 13.8 Å². The van der Waals surface area contributed by atoms with Gasteiger partial charge in [0.2, 0.25) is 0 Å². The van der Waals surface area contributed by atoms with E-state index in [9.17, 15) is 0 Å². The van der Waals surface area contributed by atoms with Crippen LogP contribution < -0.4 is 0 Å². The summed E-state index contributed by atoms with van der Waals surface area (Å²) in [7, 11) is 0. The van der Waals surface area contributed by atoms with Crippen LogP contribution in [0.15, 0.2) is 0 Å². The summed E-state index contributed by atoms with van der Waals surface area (Å²) >= 11 is 0.973. The van der Waals surface area contributed by atoms with Gasteiger partial charge in [0.1, 0.15) is 0 Å². The zero-order valence-corrected chi connectivity index (χ0v) is 11.2. The molecule has 0 aliphatic rings. The Hall–Kier alpha value is 0.519. The number of hydrogen-bond donors (Lipinski definition) is 0. The van der Waals surface area contributed by atoms with Crippen LogP contribution >= 0.6 is 0 Å². The third-order valence-electron chi connectivity index (χ3n) is 2.28. The molecule has 0 fully saturated rings. The Morgan fingerprint density at radius 3 is 1.85 bits per heavy atom. The fourth-order valence-electron chi connectivity index (χ4n) is 1.33. The first-order valence-electron chi connectivity index (χ1n) is 5.99. The van der Waals surface area contributed by atoms with E-state index in [1.54, 1.807) is 5.32 Å². The average molecular weight is 249 g/mol. The van der Waals surface area contributed by atoms with Crippen molar-refractivity contribution in [2.24, 2.45) is 0 Å². The summed E-state index contributed by atoms with van der Waals surface area (Å²) in [5.41, 5.74) is 0. The zero-order valence-electron chi connectivity index (χ0n) is 9.48. The first-order valence-corrected chi connectivity index (χ1v) is 8.41. The first kappa shape index (κ1) is 13.5. The molecular formula is C12H26Se. The maximum absolute atomic E-state index is 2.29. The standard InChI is InChI=1S/C12H26Se/c1-3-5-7-8-9-10-12-13-11-6-4-2/h3-12H2,1-2H3. The summed E-state index contributed by atoms with van der Waals surface area (Å²) in [5, 5.41) is 3.07. The summed E-state index contributed by atoms with van der Waals surface area (Å²) in [6, 6.07) is 0. The molecule has 0 unspecified atom stereocenters. The first-order chi connectivity index (χ1) is 6.41. The van der Waals surface area contributed by atoms with Gasteiger partial charge in [-0.2, -0.15) is 0 Å². The fraction of sp³-hybridized carbons (Fsp3) is 1.00. The third kappa shape index (κ3) is 12.5. The normalized spacial score (nSPS) is 10.6. The van der Waals surface area contributed by atoms with Gasteiger partial charge in [-0.3, -0.25) is 0 Å². The van der Waals surface area contributed by atoms with Crippen LogP contribution in [0.25, 0.3) is 0 Å². The van der Waals surface area contributed by atoms with Crippen LogP contribution in [0.4, 0.5) is 0 Å². The van der Waals surface area contributed by atoms with Crippen LogP contribution in [0.2, 0.25) is 10.6 Å². The van der Waals surface area contributed by atoms with Crippen molar-refractivity contribution in [3.05, 3.63) is 0 Å². The van der Waals surface area contributed by atoms with Gasteiger partial charge in [-0.1, -0.05) is 0 Å². The van der Waals surface area contributed by atoms with E-state index in [4.69, 9.17) is 0 Å². The van der Waals surface area contributed by atoms with Gasteiger partial charge in [-0.05, 0) is 0 Å². The van der Waals surface area contributed by atoms with E-state index in [0.717, 1.165) is 15.0 Å². The number of hydrogen-bond acceptors (Lipinski definition) is 0. The zero-order chi connectivity index (χ0) is 9.78. The molecule has 0 rings (SSSR count). The molecule has 0 aromatic rings. The summed E-state index contributed by atoms with van der Waals surface area (Å²) in [6.45, 7) is 4.58. The van der Waals surface area contributed by atoms with E-state index in [-0.39, 0.29) is 0 Å². The minimum absolute atomic E-state index is 0.973. The van der Waals surface area contributed by atoms with Crippen molar-refractivity contribution in [1.82, 2.24) is 0 Å². The molecule has 0 amide bonds. The van der Waals surface area contributed by atoms with Crippen molar-refractivity contribution in [2.75, 3.05) is 0 Å². The molecule has 0 radical (unpaired) electrons. The molecule has 0 N–H and O–H groups in total. The van der Waals surface area contributed by atoms with Crippen molar-refractivity contribution in [1.29, 1.82) is 0 Å². The molecule has 0 aromatic carbocycles. The molecule has 0 saturated heterocycles. The predicted octanol–water partition coefficient (Wildman–Crippen LogP) is 4.69. The Balaban J connectivity index is 2.76. The van der Waals surface area contributed by atoms with Crippen LogP contribution in [0, 0.1) is 0 Å². The molecular weight excluding hydrogens is 223 g/mol. The van der Waals surface area contributed by atoms with E-state index in [1.165, 1.54) is 56.7 Å². The molecule has 0 nitrogen and oxygen atoms in total. The average Bonchev–Trinajstić information content (AvgIpc) is 2.16. The second-order valence-corrected chi connectivity index (χ2v) is 6.30. The van der Waals surface area contributed by atoms with Crippen LogP contribution in [-0.2, 0) is 0 Å². The van der Waals surface area contributed by atoms with E-state index < -0.39 is 0 Å². The van der Waals surface area contributed by atoms with Gasteiger partial charge >= 0.3 is 90.8 Å². The molecule has 0 aromatic heterocycles. The Labute approximate surface area is 91.0 Å². The molecule has 0 aliphatic heterocycles. The van der Waals surface area contributed by atoms with Crippen LogP contribution in [0.1, 0.15) is 65.2 Å². The van der Waals surface area contributed by atoms with Crippen LogP contribution in [-0.4, -0.2) is 15.0 Å². The van der Waals surface area contributed by atoms with Gasteiger partial charge in [0.25, 0.3) is 0 Å². The van der Waals surface area contributed by atoms with Crippen molar-refractivity contribution in [3.63, 3.8) is 0 Å². The van der Waals surface area contributed by atoms with Gasteiger partial charge in [-0.15, -0.1) is 0 Å². The summed E-state index contributed by atoms with van der Waals surface area (Å²) in [4.78, 5) is 0. The SMILES string of the molecule is CCCCCCCC[Se]CCCC. The van der Waals surface area contributed by atoms with E-state index >= 15 is 0 Å². The number of rotatable bonds is 10. The molecule has 13 heavy (non-hydrogen) atoms. The number of unbranched alkanes of at least 4 members (excludes halogenated alkanes) is 6. The molecule has 0 bridgehead atoms.